The van der Waals surface area contributed by atoms with Crippen molar-refractivity contribution in [3.05, 3.63) is 33.7 Å². The maximum atomic E-state index is 12.7. The first-order valence-corrected chi connectivity index (χ1v) is 8.22. The molecule has 3 nitrogen and oxygen atoms in total. The van der Waals surface area contributed by atoms with E-state index in [1.54, 1.807) is 11.3 Å². The van der Waals surface area contributed by atoms with Crippen molar-refractivity contribution in [2.45, 2.75) is 32.6 Å². The van der Waals surface area contributed by atoms with E-state index in [-0.39, 0.29) is 17.1 Å². The van der Waals surface area contributed by atoms with E-state index >= 15 is 0 Å². The number of ketones is 1. The lowest BCUT2D eigenvalue weighted by Crippen LogP contribution is -2.44. The highest BCUT2D eigenvalue weighted by Gasteiger charge is 2.44. The zero-order valence-electron chi connectivity index (χ0n) is 12.0. The van der Waals surface area contributed by atoms with E-state index in [0.717, 1.165) is 22.6 Å². The minimum Gasteiger partial charge on any atom is -0.352 e. The third kappa shape index (κ3) is 2.43. The Morgan fingerprint density at radius 1 is 1.48 bits per heavy atom. The number of nitrogens with one attached hydrogen (secondary N) is 1. The van der Waals surface area contributed by atoms with E-state index in [9.17, 15) is 10.1 Å². The number of thiophene rings is 1. The van der Waals surface area contributed by atoms with Crippen molar-refractivity contribution in [1.82, 2.24) is 5.32 Å². The van der Waals surface area contributed by atoms with Gasteiger partial charge in [-0.05, 0) is 23.3 Å². The summed E-state index contributed by atoms with van der Waals surface area (Å²) in [5.41, 5.74) is 1.64. The number of hydrogen-bond donors (Lipinski definition) is 1. The van der Waals surface area contributed by atoms with Gasteiger partial charge >= 0.3 is 0 Å². The van der Waals surface area contributed by atoms with Crippen LogP contribution in [0.25, 0.3) is 0 Å². The Bertz CT molecular complexity index is 680. The molecule has 0 aromatic carbocycles. The zero-order chi connectivity index (χ0) is 15.2. The van der Waals surface area contributed by atoms with Crippen molar-refractivity contribution in [2.24, 2.45) is 11.3 Å². The number of thiocarbonyl (C=S) groups is 1. The molecule has 5 heteroatoms. The topological polar surface area (TPSA) is 52.9 Å². The summed E-state index contributed by atoms with van der Waals surface area (Å²) in [4.78, 5) is 14.3. The van der Waals surface area contributed by atoms with Crippen molar-refractivity contribution < 1.29 is 4.79 Å². The molecule has 1 aromatic heterocycles. The molecular weight excluding hydrogens is 300 g/mol. The van der Waals surface area contributed by atoms with Crippen molar-refractivity contribution in [3.8, 4) is 6.07 Å². The van der Waals surface area contributed by atoms with Crippen LogP contribution in [-0.4, -0.2) is 10.8 Å². The summed E-state index contributed by atoms with van der Waals surface area (Å²) < 4.78 is 0. The van der Waals surface area contributed by atoms with Gasteiger partial charge in [-0.2, -0.15) is 5.26 Å². The number of hydrogen-bond acceptors (Lipinski definition) is 4. The van der Waals surface area contributed by atoms with Crippen LogP contribution in [0.3, 0.4) is 0 Å². The number of allylic oxidation sites excluding steroid dienone is 2. The van der Waals surface area contributed by atoms with Gasteiger partial charge in [0.05, 0.1) is 11.1 Å². The first-order valence-electron chi connectivity index (χ1n) is 6.93. The van der Waals surface area contributed by atoms with Crippen molar-refractivity contribution in [1.29, 1.82) is 5.26 Å². The van der Waals surface area contributed by atoms with Gasteiger partial charge in [0.25, 0.3) is 0 Å². The first-order chi connectivity index (χ1) is 9.93. The summed E-state index contributed by atoms with van der Waals surface area (Å²) in [6, 6.07) is 6.23. The summed E-state index contributed by atoms with van der Waals surface area (Å²) in [5.74, 6) is -0.514. The molecule has 0 saturated heterocycles. The van der Waals surface area contributed by atoms with Crippen LogP contribution < -0.4 is 5.32 Å². The van der Waals surface area contributed by atoms with Crippen LogP contribution in [0.4, 0.5) is 0 Å². The first kappa shape index (κ1) is 14.4. The summed E-state index contributed by atoms with van der Waals surface area (Å²) in [5, 5.41) is 14.7. The lowest BCUT2D eigenvalue weighted by atomic mass is 9.69. The van der Waals surface area contributed by atoms with Crippen LogP contribution >= 0.6 is 23.6 Å². The fraction of sp³-hybridized carbons (Fsp3) is 0.438. The van der Waals surface area contributed by atoms with E-state index in [1.807, 2.05) is 17.5 Å². The Kier molecular flexibility index (Phi) is 3.46. The molecule has 0 amide bonds. The molecule has 3 rings (SSSR count). The number of rotatable bonds is 1. The normalized spacial score (nSPS) is 27.9. The molecular formula is C16H16N2OS2. The summed E-state index contributed by atoms with van der Waals surface area (Å²) in [7, 11) is 0. The van der Waals surface area contributed by atoms with Gasteiger partial charge in [-0.1, -0.05) is 32.1 Å². The maximum absolute atomic E-state index is 12.7. The third-order valence-corrected chi connectivity index (χ3v) is 5.42. The van der Waals surface area contributed by atoms with Gasteiger partial charge in [0, 0.05) is 28.5 Å². The molecule has 108 valence electrons. The fourth-order valence-corrected chi connectivity index (χ4v) is 4.44. The SMILES string of the molecule is CC1(C)CC(=O)C2=C(C1)NC(=S)[C@@H](C#N)[C@H]2c1cccs1. The molecule has 1 N–H and O–H groups in total. The number of carbonyl (C=O) groups excluding carboxylic acids is 1. The second kappa shape index (κ2) is 5.04. The second-order valence-electron chi connectivity index (χ2n) is 6.42. The molecule has 2 aliphatic rings. The Hall–Kier alpha value is -1.51. The van der Waals surface area contributed by atoms with Crippen molar-refractivity contribution in [3.63, 3.8) is 0 Å². The van der Waals surface area contributed by atoms with Gasteiger partial charge in [0.15, 0.2) is 5.78 Å². The number of carbonyl (C=O) groups is 1. The smallest absolute Gasteiger partial charge is 0.161 e. The largest absolute Gasteiger partial charge is 0.352 e. The summed E-state index contributed by atoms with van der Waals surface area (Å²) >= 11 is 6.97. The summed E-state index contributed by atoms with van der Waals surface area (Å²) in [6.07, 6.45) is 1.33. The zero-order valence-corrected chi connectivity index (χ0v) is 13.6. The lowest BCUT2D eigenvalue weighted by molar-refractivity contribution is -0.118. The molecule has 0 unspecified atom stereocenters. The molecule has 0 spiro atoms. The standard InChI is InChI=1S/C16H16N2OS2/c1-16(2)6-10-14(11(19)7-16)13(12-4-3-5-21-12)9(8-17)15(20)18-10/h3-5,9,13H,6-7H2,1-2H3,(H,18,20)/t9-,13-/m0/s1. The van der Waals surface area contributed by atoms with Gasteiger partial charge in [0.1, 0.15) is 5.92 Å². The average Bonchev–Trinajstić information content (AvgIpc) is 2.88. The molecule has 0 bridgehead atoms. The van der Waals surface area contributed by atoms with Gasteiger partial charge < -0.3 is 5.32 Å². The van der Waals surface area contributed by atoms with E-state index in [0.29, 0.717) is 11.4 Å². The predicted molar refractivity (Wildman–Crippen MR) is 86.9 cm³/mol. The molecule has 0 saturated carbocycles. The Labute approximate surface area is 133 Å². The fourth-order valence-electron chi connectivity index (χ4n) is 3.26. The van der Waals surface area contributed by atoms with Crippen LogP contribution in [0.1, 0.15) is 37.5 Å². The van der Waals surface area contributed by atoms with Crippen molar-refractivity contribution >= 4 is 34.3 Å². The van der Waals surface area contributed by atoms with Crippen LogP contribution in [0.15, 0.2) is 28.8 Å². The molecule has 2 atom stereocenters. The van der Waals surface area contributed by atoms with Gasteiger partial charge in [-0.15, -0.1) is 11.3 Å². The minimum atomic E-state index is -0.456. The number of nitrogens with zero attached hydrogens (tertiary/aromatic N) is 1. The van der Waals surface area contributed by atoms with E-state index in [4.69, 9.17) is 12.2 Å². The van der Waals surface area contributed by atoms with Crippen molar-refractivity contribution in [2.75, 3.05) is 0 Å². The van der Waals surface area contributed by atoms with Gasteiger partial charge in [-0.25, -0.2) is 0 Å². The molecule has 1 aliphatic heterocycles. The third-order valence-electron chi connectivity index (χ3n) is 4.11. The Morgan fingerprint density at radius 3 is 2.86 bits per heavy atom. The predicted octanol–water partition coefficient (Wildman–Crippen LogP) is 3.55. The van der Waals surface area contributed by atoms with E-state index in [2.05, 4.69) is 25.2 Å². The second-order valence-corrected chi connectivity index (χ2v) is 7.84. The maximum Gasteiger partial charge on any atom is 0.161 e. The van der Waals surface area contributed by atoms with Crippen LogP contribution in [-0.2, 0) is 4.79 Å². The molecule has 0 radical (unpaired) electrons. The van der Waals surface area contributed by atoms with E-state index < -0.39 is 5.92 Å². The molecule has 1 aromatic rings. The monoisotopic (exact) mass is 316 g/mol. The highest BCUT2D eigenvalue weighted by molar-refractivity contribution is 7.80. The number of Topliss-reactive ketones (excluding diaryl/α,β-unsaturated/α-hetero) is 1. The van der Waals surface area contributed by atoms with Gasteiger partial charge in [-0.3, -0.25) is 4.79 Å². The molecule has 0 fully saturated rings. The molecule has 2 heterocycles. The Balaban J connectivity index is 2.16. The lowest BCUT2D eigenvalue weighted by Gasteiger charge is -2.40. The summed E-state index contributed by atoms with van der Waals surface area (Å²) in [6.45, 7) is 4.19. The highest BCUT2D eigenvalue weighted by Crippen LogP contribution is 2.46. The minimum absolute atomic E-state index is 0.0575. The average molecular weight is 316 g/mol. The van der Waals surface area contributed by atoms with Crippen LogP contribution in [0.5, 0.6) is 0 Å². The Morgan fingerprint density at radius 2 is 2.24 bits per heavy atom. The van der Waals surface area contributed by atoms with Gasteiger partial charge in [0.2, 0.25) is 0 Å². The highest BCUT2D eigenvalue weighted by atomic mass is 32.1. The molecule has 1 aliphatic carbocycles. The van der Waals surface area contributed by atoms with Crippen LogP contribution in [0, 0.1) is 22.7 Å². The quantitative estimate of drug-likeness (QED) is 0.805. The van der Waals surface area contributed by atoms with Crippen LogP contribution in [0.2, 0.25) is 0 Å². The molecule has 21 heavy (non-hydrogen) atoms. The van der Waals surface area contributed by atoms with E-state index in [1.165, 1.54) is 0 Å². The number of nitriles is 1.